The number of aromatic nitrogens is 1. The average molecular weight is 384 g/mol. The Hall–Kier alpha value is -2.56. The molecule has 0 spiro atoms. The fourth-order valence-corrected chi connectivity index (χ4v) is 2.91. The van der Waals surface area contributed by atoms with Crippen LogP contribution in [0.15, 0.2) is 66.9 Å². The zero-order valence-electron chi connectivity index (χ0n) is 15.4. The molecular formula is C22H24ClN2O2+. The summed E-state index contributed by atoms with van der Waals surface area (Å²) in [6, 6.07) is 20.3. The number of halogens is 1. The van der Waals surface area contributed by atoms with Crippen LogP contribution < -0.4 is 14.8 Å². The van der Waals surface area contributed by atoms with Crippen molar-refractivity contribution < 1.29 is 14.8 Å². The van der Waals surface area contributed by atoms with Crippen LogP contribution in [0.5, 0.6) is 11.5 Å². The zero-order valence-corrected chi connectivity index (χ0v) is 16.2. The van der Waals surface area contributed by atoms with Gasteiger partial charge in [0.05, 0.1) is 13.7 Å². The number of hydrogen-bond donors (Lipinski definition) is 1. The number of hydrogen-bond acceptors (Lipinski definition) is 3. The Balaban J connectivity index is 1.51. The largest absolute Gasteiger partial charge is 0.493 e. The van der Waals surface area contributed by atoms with Crippen molar-refractivity contribution in [1.82, 2.24) is 4.98 Å². The van der Waals surface area contributed by atoms with Crippen LogP contribution in [0.25, 0.3) is 0 Å². The first kappa shape index (κ1) is 19.2. The molecule has 4 nitrogen and oxygen atoms in total. The maximum atomic E-state index is 5.87. The molecule has 0 bridgehead atoms. The standard InChI is InChI=1S/C22H23ClN2O2/c1-26-21-13-18(14-24-12-11-17-5-3-2-4-6-17)7-9-20(21)27-16-19-8-10-22(23)25-15-19/h2-10,13,15,24H,11-12,14,16H2,1H3/p+1. The maximum Gasteiger partial charge on any atom is 0.161 e. The summed E-state index contributed by atoms with van der Waals surface area (Å²) in [7, 11) is 1.66. The zero-order chi connectivity index (χ0) is 18.9. The molecule has 140 valence electrons. The van der Waals surface area contributed by atoms with Crippen LogP contribution in [0.1, 0.15) is 16.7 Å². The van der Waals surface area contributed by atoms with Crippen molar-refractivity contribution in [1.29, 1.82) is 0 Å². The lowest BCUT2D eigenvalue weighted by Crippen LogP contribution is -2.83. The molecule has 0 aliphatic rings. The summed E-state index contributed by atoms with van der Waals surface area (Å²) in [5, 5.41) is 2.78. The van der Waals surface area contributed by atoms with E-state index < -0.39 is 0 Å². The number of rotatable bonds is 9. The first-order valence-corrected chi connectivity index (χ1v) is 9.38. The highest BCUT2D eigenvalue weighted by atomic mass is 35.5. The molecule has 3 aromatic rings. The van der Waals surface area contributed by atoms with Gasteiger partial charge in [0.25, 0.3) is 0 Å². The average Bonchev–Trinajstić information content (AvgIpc) is 2.72. The molecule has 2 N–H and O–H groups in total. The summed E-state index contributed by atoms with van der Waals surface area (Å²) in [4.78, 5) is 4.06. The molecule has 0 atom stereocenters. The second-order valence-electron chi connectivity index (χ2n) is 6.28. The molecule has 27 heavy (non-hydrogen) atoms. The quantitative estimate of drug-likeness (QED) is 0.453. The van der Waals surface area contributed by atoms with Crippen LogP contribution in [0, 0.1) is 0 Å². The first-order chi connectivity index (χ1) is 13.2. The fraction of sp³-hybridized carbons (Fsp3) is 0.227. The van der Waals surface area contributed by atoms with Crippen LogP contribution >= 0.6 is 11.6 Å². The number of quaternary nitrogens is 1. The van der Waals surface area contributed by atoms with Crippen molar-refractivity contribution in [2.24, 2.45) is 0 Å². The number of ether oxygens (including phenoxy) is 2. The molecule has 3 rings (SSSR count). The van der Waals surface area contributed by atoms with Gasteiger partial charge in [0.15, 0.2) is 11.5 Å². The van der Waals surface area contributed by atoms with E-state index in [0.717, 1.165) is 36.6 Å². The minimum atomic E-state index is 0.420. The number of nitrogens with zero attached hydrogens (tertiary/aromatic N) is 1. The molecule has 0 aliphatic heterocycles. The van der Waals surface area contributed by atoms with Crippen molar-refractivity contribution in [2.45, 2.75) is 19.6 Å². The Morgan fingerprint density at radius 3 is 2.48 bits per heavy atom. The van der Waals surface area contributed by atoms with Crippen LogP contribution in [0.2, 0.25) is 5.15 Å². The van der Waals surface area contributed by atoms with Crippen molar-refractivity contribution in [2.75, 3.05) is 13.7 Å². The predicted molar refractivity (Wildman–Crippen MR) is 107 cm³/mol. The Bertz CT molecular complexity index is 839. The molecule has 0 saturated carbocycles. The predicted octanol–water partition coefficient (Wildman–Crippen LogP) is 3.63. The van der Waals surface area contributed by atoms with Gasteiger partial charge in [0.1, 0.15) is 18.3 Å². The second kappa shape index (κ2) is 9.95. The Kier molecular flexibility index (Phi) is 7.08. The Labute approximate surface area is 165 Å². The third-order valence-corrected chi connectivity index (χ3v) is 4.49. The Morgan fingerprint density at radius 1 is 0.926 bits per heavy atom. The third-order valence-electron chi connectivity index (χ3n) is 4.27. The molecule has 1 aromatic heterocycles. The summed E-state index contributed by atoms with van der Waals surface area (Å²) in [5.41, 5.74) is 3.53. The van der Waals surface area contributed by atoms with Crippen molar-refractivity contribution in [3.8, 4) is 11.5 Å². The van der Waals surface area contributed by atoms with Crippen molar-refractivity contribution in [3.63, 3.8) is 0 Å². The third kappa shape index (κ3) is 5.98. The smallest absolute Gasteiger partial charge is 0.161 e. The minimum absolute atomic E-state index is 0.420. The Morgan fingerprint density at radius 2 is 1.74 bits per heavy atom. The van der Waals surface area contributed by atoms with Crippen LogP contribution in [0.3, 0.4) is 0 Å². The summed E-state index contributed by atoms with van der Waals surface area (Å²) in [5.74, 6) is 1.46. The lowest BCUT2D eigenvalue weighted by atomic mass is 10.1. The van der Waals surface area contributed by atoms with Crippen LogP contribution in [-0.2, 0) is 19.6 Å². The van der Waals surface area contributed by atoms with E-state index in [0.29, 0.717) is 11.8 Å². The fourth-order valence-electron chi connectivity index (χ4n) is 2.79. The van der Waals surface area contributed by atoms with Gasteiger partial charge in [0, 0.05) is 23.7 Å². The van der Waals surface area contributed by atoms with Crippen LogP contribution in [0.4, 0.5) is 0 Å². The van der Waals surface area contributed by atoms with Gasteiger partial charge in [-0.25, -0.2) is 4.98 Å². The second-order valence-corrected chi connectivity index (χ2v) is 6.67. The van der Waals surface area contributed by atoms with Gasteiger partial charge < -0.3 is 14.8 Å². The molecule has 0 unspecified atom stereocenters. The number of nitrogens with two attached hydrogens (primary N) is 1. The highest BCUT2D eigenvalue weighted by Gasteiger charge is 2.08. The molecule has 0 saturated heterocycles. The van der Waals surface area contributed by atoms with E-state index in [2.05, 4.69) is 40.6 Å². The number of pyridine rings is 1. The summed E-state index contributed by atoms with van der Waals surface area (Å²) in [6.07, 6.45) is 2.78. The minimum Gasteiger partial charge on any atom is -0.493 e. The van der Waals surface area contributed by atoms with Crippen molar-refractivity contribution >= 4 is 11.6 Å². The lowest BCUT2D eigenvalue weighted by molar-refractivity contribution is -0.670. The lowest BCUT2D eigenvalue weighted by Gasteiger charge is -2.12. The van der Waals surface area contributed by atoms with Gasteiger partial charge in [-0.3, -0.25) is 0 Å². The molecule has 2 aromatic carbocycles. The summed E-state index contributed by atoms with van der Waals surface area (Å²) < 4.78 is 11.4. The molecule has 0 amide bonds. The van der Waals surface area contributed by atoms with E-state index in [4.69, 9.17) is 21.1 Å². The van der Waals surface area contributed by atoms with Gasteiger partial charge >= 0.3 is 0 Å². The van der Waals surface area contributed by atoms with E-state index in [1.165, 1.54) is 11.1 Å². The van der Waals surface area contributed by atoms with E-state index >= 15 is 0 Å². The number of methoxy groups -OCH3 is 1. The van der Waals surface area contributed by atoms with Crippen LogP contribution in [-0.4, -0.2) is 18.6 Å². The highest BCUT2D eigenvalue weighted by molar-refractivity contribution is 6.29. The molecule has 0 radical (unpaired) electrons. The summed E-state index contributed by atoms with van der Waals surface area (Å²) in [6.45, 7) is 2.38. The van der Waals surface area contributed by atoms with E-state index in [9.17, 15) is 0 Å². The highest BCUT2D eigenvalue weighted by Crippen LogP contribution is 2.28. The maximum absolute atomic E-state index is 5.87. The SMILES string of the molecule is COc1cc(C[NH2+]CCc2ccccc2)ccc1OCc1ccc(Cl)nc1. The molecule has 0 fully saturated rings. The normalized spacial score (nSPS) is 10.6. The number of benzene rings is 2. The molecule has 1 heterocycles. The molecular weight excluding hydrogens is 360 g/mol. The topological polar surface area (TPSA) is 48.0 Å². The van der Waals surface area contributed by atoms with Gasteiger partial charge in [-0.1, -0.05) is 48.0 Å². The van der Waals surface area contributed by atoms with Crippen molar-refractivity contribution in [3.05, 3.63) is 88.7 Å². The van der Waals surface area contributed by atoms with Gasteiger partial charge in [0.2, 0.25) is 0 Å². The van der Waals surface area contributed by atoms with Gasteiger partial charge in [-0.05, 0) is 29.8 Å². The van der Waals surface area contributed by atoms with Gasteiger partial charge in [-0.2, -0.15) is 0 Å². The first-order valence-electron chi connectivity index (χ1n) is 9.00. The van der Waals surface area contributed by atoms with E-state index in [1.807, 2.05) is 24.3 Å². The van der Waals surface area contributed by atoms with E-state index in [1.54, 1.807) is 19.4 Å². The molecule has 5 heteroatoms. The molecule has 0 aliphatic carbocycles. The monoisotopic (exact) mass is 383 g/mol. The van der Waals surface area contributed by atoms with Gasteiger partial charge in [-0.15, -0.1) is 0 Å². The van der Waals surface area contributed by atoms with E-state index in [-0.39, 0.29) is 0 Å². The summed E-state index contributed by atoms with van der Waals surface area (Å²) >= 11 is 5.81.